The zero-order valence-corrected chi connectivity index (χ0v) is 22.4. The van der Waals surface area contributed by atoms with Crippen molar-refractivity contribution in [2.24, 2.45) is 9.39 Å². The largest absolute Gasteiger partial charge is 0.493 e. The van der Waals surface area contributed by atoms with Gasteiger partial charge in [-0.3, -0.25) is 10.2 Å². The Balaban J connectivity index is 1.42. The quantitative estimate of drug-likeness (QED) is 0.303. The first-order valence-electron chi connectivity index (χ1n) is 11.3. The van der Waals surface area contributed by atoms with Crippen LogP contribution in [0.3, 0.4) is 0 Å². The number of methoxy groups -OCH3 is 1. The first-order chi connectivity index (χ1) is 17.6. The molecule has 1 N–H and O–H groups in total. The van der Waals surface area contributed by atoms with E-state index in [0.29, 0.717) is 36.7 Å². The average Bonchev–Trinajstić information content (AvgIpc) is 3.26. The van der Waals surface area contributed by atoms with E-state index in [1.807, 2.05) is 26.0 Å². The maximum atomic E-state index is 12.6. The number of ether oxygens (including phenoxy) is 3. The molecule has 1 amide bonds. The number of hydrogen-bond donors (Lipinski definition) is 1. The monoisotopic (exact) mass is 542 g/mol. The molecule has 194 valence electrons. The lowest BCUT2D eigenvalue weighted by Crippen LogP contribution is -2.45. The van der Waals surface area contributed by atoms with Gasteiger partial charge >= 0.3 is 0 Å². The number of rotatable bonds is 8. The number of amidine groups is 3. The number of aliphatic imine (C=N–C) groups is 1. The predicted molar refractivity (Wildman–Crippen MR) is 144 cm³/mol. The Morgan fingerprint density at radius 3 is 2.43 bits per heavy atom. The number of nitrogens with zero attached hydrogens (tertiary/aromatic N) is 3. The molecule has 0 unspecified atom stereocenters. The van der Waals surface area contributed by atoms with E-state index in [9.17, 15) is 13.2 Å². The van der Waals surface area contributed by atoms with Crippen LogP contribution < -0.4 is 14.2 Å². The van der Waals surface area contributed by atoms with E-state index in [-0.39, 0.29) is 21.7 Å². The van der Waals surface area contributed by atoms with Crippen molar-refractivity contribution in [1.82, 2.24) is 4.90 Å². The molecule has 0 spiro atoms. The highest BCUT2D eigenvalue weighted by Gasteiger charge is 2.41. The number of sulfone groups is 1. The molecule has 4 rings (SSSR count). The Morgan fingerprint density at radius 2 is 1.76 bits per heavy atom. The predicted octanol–water partition coefficient (Wildman–Crippen LogP) is 3.78. The van der Waals surface area contributed by atoms with E-state index >= 15 is 0 Å². The van der Waals surface area contributed by atoms with Crippen molar-refractivity contribution in [2.45, 2.75) is 20.3 Å². The lowest BCUT2D eigenvalue weighted by Gasteiger charge is -2.23. The Labute approximate surface area is 219 Å². The second-order valence-corrected chi connectivity index (χ2v) is 11.1. The Bertz CT molecular complexity index is 1440. The van der Waals surface area contributed by atoms with Gasteiger partial charge in [-0.05, 0) is 60.9 Å². The number of carbonyl (C=O) groups excluding carboxylic acids is 1. The lowest BCUT2D eigenvalue weighted by molar-refractivity contribution is -0.114. The first kappa shape index (κ1) is 26.4. The van der Waals surface area contributed by atoms with E-state index < -0.39 is 15.7 Å². The van der Waals surface area contributed by atoms with Gasteiger partial charge in [0.1, 0.15) is 11.6 Å². The molecular weight excluding hydrogens is 516 g/mol. The van der Waals surface area contributed by atoms with Gasteiger partial charge in [-0.1, -0.05) is 12.1 Å². The van der Waals surface area contributed by atoms with Crippen molar-refractivity contribution in [3.63, 3.8) is 0 Å². The van der Waals surface area contributed by atoms with Crippen LogP contribution in [0.15, 0.2) is 51.4 Å². The topological polar surface area (TPSA) is 131 Å². The smallest absolute Gasteiger partial charge is 0.283 e. The summed E-state index contributed by atoms with van der Waals surface area (Å²) in [4.78, 5) is 17.5. The molecule has 2 aromatic carbocycles. The van der Waals surface area contributed by atoms with Crippen molar-refractivity contribution >= 4 is 49.9 Å². The fourth-order valence-corrected chi connectivity index (χ4v) is 5.59. The Morgan fingerprint density at radius 1 is 1.05 bits per heavy atom. The summed E-state index contributed by atoms with van der Waals surface area (Å²) in [5.74, 6) is 0.820. The zero-order chi connectivity index (χ0) is 26.7. The van der Waals surface area contributed by atoms with E-state index in [2.05, 4.69) is 15.5 Å². The van der Waals surface area contributed by atoms with Crippen molar-refractivity contribution in [1.29, 1.82) is 5.41 Å². The van der Waals surface area contributed by atoms with Crippen LogP contribution in [0.1, 0.15) is 23.1 Å². The van der Waals surface area contributed by atoms with E-state index in [1.54, 1.807) is 18.2 Å². The maximum absolute atomic E-state index is 12.6. The number of amides is 1. The standard InChI is InChI=1S/C25H26N4O6S2/c1-15-10-16(2)12-18(11-15)34-8-5-9-35-20-7-6-17(14-21(20)33-3)13-19-22(26)29-24(27-23(19)30)36-28-25(29)37(4,31)32/h6-7,10-14,26H,5,8-9H2,1-4H3/b19-13-,26-22?. The summed E-state index contributed by atoms with van der Waals surface area (Å²) in [7, 11) is -2.22. The van der Waals surface area contributed by atoms with E-state index in [0.717, 1.165) is 40.0 Å². The van der Waals surface area contributed by atoms with Crippen LogP contribution in [-0.4, -0.2) is 62.0 Å². The molecule has 2 heterocycles. The normalized spacial score (nSPS) is 16.4. The van der Waals surface area contributed by atoms with E-state index in [1.165, 1.54) is 13.2 Å². The molecule has 12 heteroatoms. The summed E-state index contributed by atoms with van der Waals surface area (Å²) in [5, 5.41) is 8.16. The molecule has 0 saturated carbocycles. The second-order valence-electron chi connectivity index (χ2n) is 8.46. The van der Waals surface area contributed by atoms with Gasteiger partial charge in [0, 0.05) is 12.7 Å². The summed E-state index contributed by atoms with van der Waals surface area (Å²) in [5.41, 5.74) is 2.78. The number of fused-ring (bicyclic) bond motifs is 1. The molecule has 0 radical (unpaired) electrons. The van der Waals surface area contributed by atoms with Gasteiger partial charge in [0.25, 0.3) is 5.91 Å². The minimum absolute atomic E-state index is 0.0374. The van der Waals surface area contributed by atoms with Crippen molar-refractivity contribution in [3.8, 4) is 17.2 Å². The summed E-state index contributed by atoms with van der Waals surface area (Å²) in [6.45, 7) is 4.95. The lowest BCUT2D eigenvalue weighted by atomic mass is 10.1. The van der Waals surface area contributed by atoms with Crippen LogP contribution in [0.2, 0.25) is 0 Å². The van der Waals surface area contributed by atoms with Crippen LogP contribution in [0.25, 0.3) is 6.08 Å². The number of hydrogen-bond acceptors (Lipinski definition) is 9. The molecule has 37 heavy (non-hydrogen) atoms. The Hall–Kier alpha value is -3.64. The summed E-state index contributed by atoms with van der Waals surface area (Å²) >= 11 is 0.746. The molecular formula is C25H26N4O6S2. The van der Waals surface area contributed by atoms with Gasteiger partial charge in [-0.25, -0.2) is 13.3 Å². The van der Waals surface area contributed by atoms with E-state index in [4.69, 9.17) is 19.6 Å². The third-order valence-corrected chi connectivity index (χ3v) is 7.09. The summed E-state index contributed by atoms with van der Waals surface area (Å²) in [6.07, 6.45) is 3.10. The van der Waals surface area contributed by atoms with Gasteiger partial charge in [0.05, 0.1) is 37.8 Å². The van der Waals surface area contributed by atoms with Crippen molar-refractivity contribution in [3.05, 3.63) is 58.7 Å². The maximum Gasteiger partial charge on any atom is 0.283 e. The minimum atomic E-state index is -3.72. The van der Waals surface area contributed by atoms with Gasteiger partial charge in [0.2, 0.25) is 20.2 Å². The van der Waals surface area contributed by atoms with Gasteiger partial charge in [-0.2, -0.15) is 9.39 Å². The van der Waals surface area contributed by atoms with Gasteiger partial charge in [-0.15, -0.1) is 0 Å². The SMILES string of the molecule is COc1cc(/C=C2/C(=N)N3C(=NC2=O)SN=C3S(C)(=O)=O)ccc1OCCCOc1cc(C)cc(C)c1. The van der Waals surface area contributed by atoms with Gasteiger partial charge < -0.3 is 14.2 Å². The highest BCUT2D eigenvalue weighted by Crippen LogP contribution is 2.32. The number of aryl methyl sites for hydroxylation is 2. The van der Waals surface area contributed by atoms with Crippen molar-refractivity contribution in [2.75, 3.05) is 26.6 Å². The summed E-state index contributed by atoms with van der Waals surface area (Å²) < 4.78 is 45.1. The minimum Gasteiger partial charge on any atom is -0.493 e. The van der Waals surface area contributed by atoms with Crippen LogP contribution in [0.5, 0.6) is 17.2 Å². The van der Waals surface area contributed by atoms with Crippen LogP contribution in [-0.2, 0) is 14.6 Å². The molecule has 2 aliphatic rings. The molecule has 0 aromatic heterocycles. The first-order valence-corrected chi connectivity index (χ1v) is 13.9. The van der Waals surface area contributed by atoms with Gasteiger partial charge in [0.15, 0.2) is 11.5 Å². The third kappa shape index (κ3) is 6.03. The fourth-order valence-electron chi connectivity index (χ4n) is 3.74. The van der Waals surface area contributed by atoms with Crippen LogP contribution in [0, 0.1) is 19.3 Å². The number of nitrogens with one attached hydrogen (secondary N) is 1. The molecule has 0 aliphatic carbocycles. The fraction of sp³-hybridized carbons (Fsp3) is 0.280. The Kier molecular flexibility index (Phi) is 7.69. The molecule has 0 atom stereocenters. The highest BCUT2D eigenvalue weighted by molar-refractivity contribution is 8.16. The van der Waals surface area contributed by atoms with Crippen molar-refractivity contribution < 1.29 is 27.4 Å². The zero-order valence-electron chi connectivity index (χ0n) is 20.8. The molecule has 2 aliphatic heterocycles. The number of carbonyl (C=O) groups is 1. The van der Waals surface area contributed by atoms with Crippen LogP contribution in [0.4, 0.5) is 0 Å². The summed E-state index contributed by atoms with van der Waals surface area (Å²) in [6, 6.07) is 11.1. The molecule has 2 aromatic rings. The third-order valence-electron chi connectivity index (χ3n) is 5.33. The highest BCUT2D eigenvalue weighted by atomic mass is 32.2. The molecule has 0 saturated heterocycles. The molecule has 0 bridgehead atoms. The average molecular weight is 543 g/mol. The number of benzene rings is 2. The molecule has 0 fully saturated rings. The molecule has 10 nitrogen and oxygen atoms in total. The second kappa shape index (κ2) is 10.8. The van der Waals surface area contributed by atoms with Crippen LogP contribution >= 0.6 is 11.9 Å².